The van der Waals surface area contributed by atoms with Gasteiger partial charge in [0.2, 0.25) is 5.88 Å². The number of aromatic nitrogens is 1. The van der Waals surface area contributed by atoms with E-state index in [1.54, 1.807) is 6.07 Å². The molecule has 1 aliphatic heterocycles. The highest BCUT2D eigenvalue weighted by atomic mass is 19.1. The van der Waals surface area contributed by atoms with Gasteiger partial charge in [-0.15, -0.1) is 0 Å². The molecule has 0 radical (unpaired) electrons. The third kappa shape index (κ3) is 4.95. The summed E-state index contributed by atoms with van der Waals surface area (Å²) in [7, 11) is 2.97. The molecule has 0 bridgehead atoms. The Kier molecular flexibility index (Phi) is 6.95. The van der Waals surface area contributed by atoms with Crippen molar-refractivity contribution in [3.63, 3.8) is 0 Å². The van der Waals surface area contributed by atoms with Gasteiger partial charge in [-0.2, -0.15) is 0 Å². The number of carbonyl (C=O) groups excluding carboxylic acids is 1. The highest BCUT2D eigenvalue weighted by molar-refractivity contribution is 5.73. The fourth-order valence-corrected chi connectivity index (χ4v) is 5.41. The molecule has 3 aromatic rings. The van der Waals surface area contributed by atoms with Crippen molar-refractivity contribution in [2.75, 3.05) is 14.2 Å². The molecule has 2 aromatic carbocycles. The molecular formula is C30H32FNO4. The van der Waals surface area contributed by atoms with Crippen LogP contribution >= 0.6 is 0 Å². The zero-order valence-corrected chi connectivity index (χ0v) is 21.0. The van der Waals surface area contributed by atoms with Crippen LogP contribution in [0.1, 0.15) is 61.3 Å². The van der Waals surface area contributed by atoms with Crippen LogP contribution in [0.3, 0.4) is 0 Å². The van der Waals surface area contributed by atoms with E-state index in [4.69, 9.17) is 14.2 Å². The molecule has 1 aromatic heterocycles. The minimum atomic E-state index is -0.387. The van der Waals surface area contributed by atoms with Gasteiger partial charge < -0.3 is 14.2 Å². The number of pyridine rings is 1. The van der Waals surface area contributed by atoms with Gasteiger partial charge in [0.05, 0.1) is 26.3 Å². The molecule has 1 aliphatic carbocycles. The number of halogens is 1. The maximum Gasteiger partial charge on any atom is 0.309 e. The van der Waals surface area contributed by atoms with Crippen LogP contribution in [0.5, 0.6) is 11.6 Å². The number of carbonyl (C=O) groups is 1. The Morgan fingerprint density at radius 2 is 1.86 bits per heavy atom. The van der Waals surface area contributed by atoms with Crippen LogP contribution < -0.4 is 9.47 Å². The monoisotopic (exact) mass is 489 g/mol. The summed E-state index contributed by atoms with van der Waals surface area (Å²) >= 11 is 0. The van der Waals surface area contributed by atoms with Crippen LogP contribution in [0.15, 0.2) is 54.7 Å². The van der Waals surface area contributed by atoms with Gasteiger partial charge in [-0.05, 0) is 72.3 Å². The normalized spacial score (nSPS) is 18.8. The summed E-state index contributed by atoms with van der Waals surface area (Å²) in [6.07, 6.45) is 6.23. The van der Waals surface area contributed by atoms with Crippen LogP contribution in [-0.2, 0) is 16.0 Å². The average molecular weight is 490 g/mol. The first-order chi connectivity index (χ1) is 17.5. The Hall–Kier alpha value is -3.41. The van der Waals surface area contributed by atoms with E-state index in [9.17, 15) is 9.18 Å². The minimum absolute atomic E-state index is 0.0928. The molecule has 1 fully saturated rings. The number of nitrogens with zero attached hydrogens (tertiary/aromatic N) is 1. The zero-order chi connectivity index (χ0) is 25.2. The third-order valence-electron chi connectivity index (χ3n) is 7.53. The zero-order valence-electron chi connectivity index (χ0n) is 21.0. The molecule has 0 saturated heterocycles. The van der Waals surface area contributed by atoms with Gasteiger partial charge in [0.1, 0.15) is 17.7 Å². The number of benzene rings is 2. The Morgan fingerprint density at radius 3 is 2.56 bits per heavy atom. The quantitative estimate of drug-likeness (QED) is 0.348. The van der Waals surface area contributed by atoms with E-state index in [0.29, 0.717) is 17.4 Å². The summed E-state index contributed by atoms with van der Waals surface area (Å²) in [5, 5.41) is 0. The fraction of sp³-hybridized carbons (Fsp3) is 0.400. The van der Waals surface area contributed by atoms with Gasteiger partial charge in [-0.1, -0.05) is 43.3 Å². The molecule has 2 aliphatic rings. The number of hydrogen-bond acceptors (Lipinski definition) is 5. The predicted molar refractivity (Wildman–Crippen MR) is 136 cm³/mol. The minimum Gasteiger partial charge on any atom is -0.485 e. The standard InChI is InChI=1S/C30H32FNO4/c1-18(30(33)35-3)29(22-12-13-22)23-14-11-20-5-4-6-26(36-27(20)15-23)21-9-7-19(8-10-21)24-16-28(34-2)32-17-25(24)31/h7-11,14-18,22,26,29H,4-6,12-13H2,1-3H3/t18?,26-,29?/m0/s1. The summed E-state index contributed by atoms with van der Waals surface area (Å²) in [6, 6.07) is 15.9. The molecule has 1 saturated carbocycles. The van der Waals surface area contributed by atoms with Crippen molar-refractivity contribution >= 4 is 5.97 Å². The molecule has 5 nitrogen and oxygen atoms in total. The van der Waals surface area contributed by atoms with Crippen molar-refractivity contribution in [2.24, 2.45) is 11.8 Å². The van der Waals surface area contributed by atoms with Gasteiger partial charge >= 0.3 is 5.97 Å². The molecule has 2 heterocycles. The van der Waals surface area contributed by atoms with E-state index in [1.807, 2.05) is 31.2 Å². The predicted octanol–water partition coefficient (Wildman–Crippen LogP) is 6.66. The summed E-state index contributed by atoms with van der Waals surface area (Å²) in [4.78, 5) is 16.3. The van der Waals surface area contributed by atoms with Gasteiger partial charge in [0, 0.05) is 11.6 Å². The Morgan fingerprint density at radius 1 is 1.08 bits per heavy atom. The fourth-order valence-electron chi connectivity index (χ4n) is 5.41. The van der Waals surface area contributed by atoms with Crippen molar-refractivity contribution < 1.29 is 23.4 Å². The molecule has 0 amide bonds. The molecule has 0 N–H and O–H groups in total. The number of hydrogen-bond donors (Lipinski definition) is 0. The second-order valence-electron chi connectivity index (χ2n) is 9.87. The highest BCUT2D eigenvalue weighted by Crippen LogP contribution is 2.48. The molecule has 188 valence electrons. The Balaban J connectivity index is 1.39. The summed E-state index contributed by atoms with van der Waals surface area (Å²) < 4.78 is 31.2. The molecule has 0 spiro atoms. The second-order valence-corrected chi connectivity index (χ2v) is 9.87. The maximum atomic E-state index is 14.4. The number of esters is 1. The average Bonchev–Trinajstić information content (AvgIpc) is 3.76. The van der Waals surface area contributed by atoms with E-state index in [1.165, 1.54) is 26.0 Å². The maximum absolute atomic E-state index is 14.4. The van der Waals surface area contributed by atoms with E-state index >= 15 is 0 Å². The van der Waals surface area contributed by atoms with Crippen molar-refractivity contribution in [3.05, 3.63) is 77.2 Å². The summed E-state index contributed by atoms with van der Waals surface area (Å²) in [5.41, 5.74) is 4.62. The van der Waals surface area contributed by atoms with Gasteiger partial charge in [0.15, 0.2) is 0 Å². The molecule has 36 heavy (non-hydrogen) atoms. The van der Waals surface area contributed by atoms with E-state index in [0.717, 1.165) is 54.5 Å². The number of fused-ring (bicyclic) bond motifs is 1. The SMILES string of the molecule is COC(=O)C(C)C(c1ccc2c(c1)O[C@H](c1ccc(-c3cc(OC)ncc3F)cc1)CCC2)C1CC1. The van der Waals surface area contributed by atoms with Gasteiger partial charge in [-0.25, -0.2) is 9.37 Å². The van der Waals surface area contributed by atoms with Crippen molar-refractivity contribution in [1.29, 1.82) is 0 Å². The van der Waals surface area contributed by atoms with Crippen molar-refractivity contribution in [3.8, 4) is 22.8 Å². The lowest BCUT2D eigenvalue weighted by molar-refractivity contribution is -0.145. The highest BCUT2D eigenvalue weighted by Gasteiger charge is 2.39. The topological polar surface area (TPSA) is 57.7 Å². The number of ether oxygens (including phenoxy) is 3. The molecule has 2 unspecified atom stereocenters. The number of methoxy groups -OCH3 is 2. The summed E-state index contributed by atoms with van der Waals surface area (Å²) in [6.45, 7) is 1.97. The van der Waals surface area contributed by atoms with Crippen molar-refractivity contribution in [1.82, 2.24) is 4.98 Å². The van der Waals surface area contributed by atoms with E-state index in [2.05, 4.69) is 23.2 Å². The Bertz CT molecular complexity index is 1240. The lowest BCUT2D eigenvalue weighted by Gasteiger charge is -2.24. The van der Waals surface area contributed by atoms with E-state index < -0.39 is 0 Å². The lowest BCUT2D eigenvalue weighted by Crippen LogP contribution is -2.22. The van der Waals surface area contributed by atoms with Crippen LogP contribution in [-0.4, -0.2) is 25.2 Å². The van der Waals surface area contributed by atoms with Gasteiger partial charge in [0.25, 0.3) is 0 Å². The van der Waals surface area contributed by atoms with Crippen LogP contribution in [0.4, 0.5) is 4.39 Å². The number of rotatable bonds is 7. The lowest BCUT2D eigenvalue weighted by atomic mass is 9.82. The molecule has 6 heteroatoms. The first kappa shape index (κ1) is 24.3. The third-order valence-corrected chi connectivity index (χ3v) is 7.53. The van der Waals surface area contributed by atoms with Crippen molar-refractivity contribution in [2.45, 2.75) is 51.0 Å². The first-order valence-corrected chi connectivity index (χ1v) is 12.7. The molecular weight excluding hydrogens is 457 g/mol. The second kappa shape index (κ2) is 10.3. The van der Waals surface area contributed by atoms with Gasteiger partial charge in [-0.3, -0.25) is 4.79 Å². The van der Waals surface area contributed by atoms with Crippen LogP contribution in [0.2, 0.25) is 0 Å². The van der Waals surface area contributed by atoms with Crippen LogP contribution in [0.25, 0.3) is 11.1 Å². The summed E-state index contributed by atoms with van der Waals surface area (Å²) in [5.74, 6) is 1.18. The first-order valence-electron chi connectivity index (χ1n) is 12.7. The van der Waals surface area contributed by atoms with Crippen LogP contribution in [0, 0.1) is 17.7 Å². The number of aryl methyl sites for hydroxylation is 1. The smallest absolute Gasteiger partial charge is 0.309 e. The molecule has 3 atom stereocenters. The van der Waals surface area contributed by atoms with E-state index in [-0.39, 0.29) is 29.7 Å². The Labute approximate surface area is 211 Å². The molecule has 5 rings (SSSR count). The largest absolute Gasteiger partial charge is 0.485 e.